The maximum absolute atomic E-state index is 6.36. The number of hydrogen-bond donors (Lipinski definition) is 0. The summed E-state index contributed by atoms with van der Waals surface area (Å²) in [5.74, 6) is 1.66. The molecule has 114 valence electrons. The topological polar surface area (TPSA) is 36.3 Å². The average Bonchev–Trinajstić information content (AvgIpc) is 3.13. The Morgan fingerprint density at radius 2 is 2.24 bits per heavy atom. The molecule has 0 radical (unpaired) electrons. The molecule has 4 nitrogen and oxygen atoms in total. The van der Waals surface area contributed by atoms with Crippen LogP contribution in [0.2, 0.25) is 0 Å². The van der Waals surface area contributed by atoms with Crippen LogP contribution in [-0.4, -0.2) is 29.4 Å². The summed E-state index contributed by atoms with van der Waals surface area (Å²) in [6, 6.07) is 6.20. The Hall–Kier alpha value is -1.26. The van der Waals surface area contributed by atoms with Crippen molar-refractivity contribution in [2.24, 2.45) is 0 Å². The molecule has 0 aliphatic carbocycles. The van der Waals surface area contributed by atoms with Gasteiger partial charge in [0, 0.05) is 6.61 Å². The van der Waals surface area contributed by atoms with E-state index in [1.54, 1.807) is 7.11 Å². The van der Waals surface area contributed by atoms with E-state index in [0.29, 0.717) is 0 Å². The van der Waals surface area contributed by atoms with E-state index in [-0.39, 0.29) is 17.5 Å². The molecule has 0 spiro atoms. The number of methoxy groups -OCH3 is 1. The summed E-state index contributed by atoms with van der Waals surface area (Å²) in [5.41, 5.74) is 1.92. The Kier molecular flexibility index (Phi) is 4.09. The molecule has 3 rings (SSSR count). The Bertz CT molecular complexity index is 632. The van der Waals surface area contributed by atoms with Crippen molar-refractivity contribution in [1.82, 2.24) is 9.55 Å². The van der Waals surface area contributed by atoms with Gasteiger partial charge in [0.05, 0.1) is 30.1 Å². The first-order valence-corrected chi connectivity index (χ1v) is 7.87. The van der Waals surface area contributed by atoms with Gasteiger partial charge < -0.3 is 14.0 Å². The molecule has 1 fully saturated rings. The van der Waals surface area contributed by atoms with Crippen molar-refractivity contribution in [3.05, 3.63) is 24.0 Å². The zero-order valence-corrected chi connectivity index (χ0v) is 13.4. The highest BCUT2D eigenvalue weighted by Crippen LogP contribution is 2.35. The molecular weight excluding hydrogens is 288 g/mol. The van der Waals surface area contributed by atoms with Crippen molar-refractivity contribution in [2.75, 3.05) is 13.7 Å². The fraction of sp³-hybridized carbons (Fsp3) is 0.562. The summed E-state index contributed by atoms with van der Waals surface area (Å²) in [7, 11) is 1.67. The van der Waals surface area contributed by atoms with E-state index >= 15 is 0 Å². The summed E-state index contributed by atoms with van der Waals surface area (Å²) in [6.07, 6.45) is 2.43. The van der Waals surface area contributed by atoms with Crippen LogP contribution >= 0.6 is 11.6 Å². The molecule has 3 unspecified atom stereocenters. The highest BCUT2D eigenvalue weighted by molar-refractivity contribution is 6.20. The number of para-hydroxylation sites is 1. The van der Waals surface area contributed by atoms with Gasteiger partial charge in [0.2, 0.25) is 0 Å². The zero-order chi connectivity index (χ0) is 15.0. The second-order valence-corrected chi connectivity index (χ2v) is 6.23. The number of hydrogen-bond acceptors (Lipinski definition) is 3. The molecule has 5 heteroatoms. The van der Waals surface area contributed by atoms with Crippen molar-refractivity contribution < 1.29 is 9.47 Å². The summed E-state index contributed by atoms with van der Waals surface area (Å²) in [4.78, 5) is 4.73. The lowest BCUT2D eigenvalue weighted by atomic mass is 10.1. The molecule has 0 amide bonds. The Labute approximate surface area is 130 Å². The number of fused-ring (bicyclic) bond motifs is 1. The molecule has 1 aliphatic heterocycles. The van der Waals surface area contributed by atoms with Crippen molar-refractivity contribution in [3.63, 3.8) is 0 Å². The predicted octanol–water partition coefficient (Wildman–Crippen LogP) is 4.08. The first-order valence-electron chi connectivity index (χ1n) is 7.44. The Balaban J connectivity index is 2.16. The Morgan fingerprint density at radius 3 is 2.86 bits per heavy atom. The minimum atomic E-state index is -0.161. The quantitative estimate of drug-likeness (QED) is 0.798. The molecule has 2 aromatic rings. The largest absolute Gasteiger partial charge is 0.494 e. The maximum atomic E-state index is 6.36. The second kappa shape index (κ2) is 5.85. The van der Waals surface area contributed by atoms with E-state index in [1.807, 2.05) is 19.1 Å². The molecule has 1 aromatic carbocycles. The number of ether oxygens (including phenoxy) is 2. The number of rotatable bonds is 4. The standard InChI is InChI=1S/C16H21ClN2O2/c1-10(17)16-18-15-12(6-4-7-14(15)20-3)19(16)11(2)13-8-5-9-21-13/h4,6-7,10-11,13H,5,8-9H2,1-3H3. The van der Waals surface area contributed by atoms with Gasteiger partial charge >= 0.3 is 0 Å². The summed E-state index contributed by atoms with van der Waals surface area (Å²) in [5, 5.41) is -0.161. The number of nitrogens with zero attached hydrogens (tertiary/aromatic N) is 2. The van der Waals surface area contributed by atoms with Crippen molar-refractivity contribution in [2.45, 2.75) is 44.2 Å². The highest BCUT2D eigenvalue weighted by Gasteiger charge is 2.28. The summed E-state index contributed by atoms with van der Waals surface area (Å²) < 4.78 is 13.5. The minimum Gasteiger partial charge on any atom is -0.494 e. The van der Waals surface area contributed by atoms with Crippen LogP contribution < -0.4 is 4.74 Å². The van der Waals surface area contributed by atoms with Crippen LogP contribution in [0.15, 0.2) is 18.2 Å². The maximum Gasteiger partial charge on any atom is 0.146 e. The number of imidazole rings is 1. The molecule has 0 bridgehead atoms. The summed E-state index contributed by atoms with van der Waals surface area (Å²) in [6.45, 7) is 4.98. The van der Waals surface area contributed by atoms with Crippen molar-refractivity contribution in [1.29, 1.82) is 0 Å². The smallest absolute Gasteiger partial charge is 0.146 e. The van der Waals surface area contributed by atoms with Crippen LogP contribution in [-0.2, 0) is 4.74 Å². The molecular formula is C16H21ClN2O2. The fourth-order valence-electron chi connectivity index (χ4n) is 3.13. The molecule has 0 N–H and O–H groups in total. The molecule has 1 saturated heterocycles. The van der Waals surface area contributed by atoms with Gasteiger partial charge in [-0.05, 0) is 38.8 Å². The fourth-order valence-corrected chi connectivity index (χ4v) is 3.29. The third-order valence-electron chi connectivity index (χ3n) is 4.20. The van der Waals surface area contributed by atoms with Crippen LogP contribution in [0.1, 0.15) is 43.9 Å². The third kappa shape index (κ3) is 2.51. The SMILES string of the molecule is COc1cccc2c1nc(C(C)Cl)n2C(C)C1CCCO1. The van der Waals surface area contributed by atoms with Gasteiger partial charge in [0.1, 0.15) is 17.1 Å². The van der Waals surface area contributed by atoms with E-state index in [9.17, 15) is 0 Å². The first kappa shape index (κ1) is 14.7. The zero-order valence-electron chi connectivity index (χ0n) is 12.7. The van der Waals surface area contributed by atoms with Crippen LogP contribution in [0.25, 0.3) is 11.0 Å². The molecule has 21 heavy (non-hydrogen) atoms. The average molecular weight is 309 g/mol. The normalized spacial score (nSPS) is 21.6. The molecule has 1 aromatic heterocycles. The van der Waals surface area contributed by atoms with Crippen LogP contribution in [0.4, 0.5) is 0 Å². The molecule has 3 atom stereocenters. The first-order chi connectivity index (χ1) is 10.1. The number of halogens is 1. The van der Waals surface area contributed by atoms with Gasteiger partial charge in [-0.2, -0.15) is 0 Å². The molecule has 0 saturated carbocycles. The second-order valence-electron chi connectivity index (χ2n) is 5.58. The van der Waals surface area contributed by atoms with E-state index in [0.717, 1.165) is 42.1 Å². The van der Waals surface area contributed by atoms with Gasteiger partial charge in [-0.3, -0.25) is 0 Å². The van der Waals surface area contributed by atoms with Crippen LogP contribution in [0.5, 0.6) is 5.75 Å². The van der Waals surface area contributed by atoms with E-state index in [2.05, 4.69) is 17.6 Å². The van der Waals surface area contributed by atoms with Crippen LogP contribution in [0, 0.1) is 0 Å². The van der Waals surface area contributed by atoms with Gasteiger partial charge in [-0.1, -0.05) is 6.07 Å². The van der Waals surface area contributed by atoms with E-state index in [4.69, 9.17) is 26.1 Å². The number of benzene rings is 1. The van der Waals surface area contributed by atoms with Gasteiger partial charge in [-0.15, -0.1) is 11.6 Å². The lowest BCUT2D eigenvalue weighted by Crippen LogP contribution is -2.22. The molecule has 1 aliphatic rings. The number of aromatic nitrogens is 2. The third-order valence-corrected chi connectivity index (χ3v) is 4.39. The minimum absolute atomic E-state index is 0.161. The predicted molar refractivity (Wildman–Crippen MR) is 84.2 cm³/mol. The summed E-state index contributed by atoms with van der Waals surface area (Å²) >= 11 is 6.36. The lowest BCUT2D eigenvalue weighted by molar-refractivity contribution is 0.0736. The van der Waals surface area contributed by atoms with Gasteiger partial charge in [0.15, 0.2) is 0 Å². The lowest BCUT2D eigenvalue weighted by Gasteiger charge is -2.23. The highest BCUT2D eigenvalue weighted by atomic mass is 35.5. The van der Waals surface area contributed by atoms with Gasteiger partial charge in [0.25, 0.3) is 0 Å². The van der Waals surface area contributed by atoms with Crippen molar-refractivity contribution >= 4 is 22.6 Å². The molecule has 2 heterocycles. The Morgan fingerprint density at radius 1 is 1.43 bits per heavy atom. The number of alkyl halides is 1. The van der Waals surface area contributed by atoms with E-state index in [1.165, 1.54) is 0 Å². The van der Waals surface area contributed by atoms with Crippen molar-refractivity contribution in [3.8, 4) is 5.75 Å². The van der Waals surface area contributed by atoms with E-state index < -0.39 is 0 Å². The van der Waals surface area contributed by atoms with Crippen LogP contribution in [0.3, 0.4) is 0 Å². The van der Waals surface area contributed by atoms with Gasteiger partial charge in [-0.25, -0.2) is 4.98 Å². The monoisotopic (exact) mass is 308 g/mol.